The van der Waals surface area contributed by atoms with Crippen LogP contribution >= 0.6 is 15.9 Å². The number of carbonyl (C=O) groups excluding carboxylic acids is 1. The summed E-state index contributed by atoms with van der Waals surface area (Å²) in [4.78, 5) is 11.0. The van der Waals surface area contributed by atoms with Crippen molar-refractivity contribution in [2.45, 2.75) is 13.0 Å². The fourth-order valence-electron chi connectivity index (χ4n) is 1.50. The minimum atomic E-state index is -0.208. The predicted octanol–water partition coefficient (Wildman–Crippen LogP) is 2.30. The van der Waals surface area contributed by atoms with Crippen molar-refractivity contribution < 1.29 is 14.3 Å². The van der Waals surface area contributed by atoms with Crippen LogP contribution in [0.15, 0.2) is 10.5 Å². The lowest BCUT2D eigenvalue weighted by Gasteiger charge is -2.17. The average molecular weight is 288 g/mol. The number of aldehydes is 1. The van der Waals surface area contributed by atoms with Crippen LogP contribution < -0.4 is 15.2 Å². The molecule has 88 valence electrons. The van der Waals surface area contributed by atoms with Gasteiger partial charge in [-0.05, 0) is 28.9 Å². The summed E-state index contributed by atoms with van der Waals surface area (Å²) in [6, 6.07) is 1.57. The van der Waals surface area contributed by atoms with Crippen molar-refractivity contribution in [1.82, 2.24) is 0 Å². The van der Waals surface area contributed by atoms with Crippen LogP contribution in [-0.4, -0.2) is 20.5 Å². The Morgan fingerprint density at radius 2 is 1.94 bits per heavy atom. The third kappa shape index (κ3) is 2.20. The Morgan fingerprint density at radius 3 is 2.31 bits per heavy atom. The van der Waals surface area contributed by atoms with Gasteiger partial charge in [-0.15, -0.1) is 0 Å². The van der Waals surface area contributed by atoms with Crippen LogP contribution in [-0.2, 0) is 0 Å². The van der Waals surface area contributed by atoms with E-state index in [1.54, 1.807) is 6.07 Å². The number of rotatable bonds is 4. The first-order valence-electron chi connectivity index (χ1n) is 4.71. The fraction of sp³-hybridized carbons (Fsp3) is 0.364. The zero-order chi connectivity index (χ0) is 12.3. The summed E-state index contributed by atoms with van der Waals surface area (Å²) in [5.74, 6) is 0.905. The second kappa shape index (κ2) is 5.32. The highest BCUT2D eigenvalue weighted by molar-refractivity contribution is 9.10. The molecular weight excluding hydrogens is 274 g/mol. The highest BCUT2D eigenvalue weighted by atomic mass is 79.9. The molecule has 0 aliphatic heterocycles. The van der Waals surface area contributed by atoms with Gasteiger partial charge in [-0.25, -0.2) is 0 Å². The zero-order valence-corrected chi connectivity index (χ0v) is 11.0. The largest absolute Gasteiger partial charge is 0.492 e. The molecular formula is C11H14BrNO3. The van der Waals surface area contributed by atoms with E-state index in [4.69, 9.17) is 15.2 Å². The summed E-state index contributed by atoms with van der Waals surface area (Å²) >= 11 is 3.31. The van der Waals surface area contributed by atoms with E-state index in [-0.39, 0.29) is 6.04 Å². The van der Waals surface area contributed by atoms with Crippen molar-refractivity contribution in [1.29, 1.82) is 0 Å². The summed E-state index contributed by atoms with van der Waals surface area (Å²) in [5.41, 5.74) is 7.04. The van der Waals surface area contributed by atoms with Crippen LogP contribution in [0.4, 0.5) is 0 Å². The number of carbonyl (C=O) groups is 1. The highest BCUT2D eigenvalue weighted by Crippen LogP contribution is 2.40. The molecule has 5 heteroatoms. The lowest BCUT2D eigenvalue weighted by Crippen LogP contribution is -2.09. The molecule has 0 aliphatic rings. The van der Waals surface area contributed by atoms with Crippen molar-refractivity contribution >= 4 is 22.2 Å². The van der Waals surface area contributed by atoms with Gasteiger partial charge >= 0.3 is 0 Å². The molecule has 1 unspecified atom stereocenters. The Morgan fingerprint density at radius 1 is 1.38 bits per heavy atom. The molecule has 1 aromatic carbocycles. The molecule has 0 saturated heterocycles. The third-order valence-electron chi connectivity index (χ3n) is 2.27. The zero-order valence-electron chi connectivity index (χ0n) is 9.41. The van der Waals surface area contributed by atoms with Gasteiger partial charge in [-0.1, -0.05) is 0 Å². The van der Waals surface area contributed by atoms with Crippen molar-refractivity contribution in [2.75, 3.05) is 14.2 Å². The number of hydrogen-bond donors (Lipinski definition) is 1. The molecule has 0 amide bonds. The summed E-state index contributed by atoms with van der Waals surface area (Å²) in [5, 5.41) is 0. The normalized spacial score (nSPS) is 12.1. The van der Waals surface area contributed by atoms with E-state index >= 15 is 0 Å². The van der Waals surface area contributed by atoms with E-state index in [0.717, 1.165) is 11.8 Å². The third-order valence-corrected chi connectivity index (χ3v) is 2.93. The van der Waals surface area contributed by atoms with E-state index in [9.17, 15) is 4.79 Å². The molecule has 1 atom stereocenters. The number of nitrogens with two attached hydrogens (primary N) is 1. The van der Waals surface area contributed by atoms with Crippen LogP contribution in [0.25, 0.3) is 0 Å². The first kappa shape index (κ1) is 13.0. The van der Waals surface area contributed by atoms with Crippen molar-refractivity contribution in [3.8, 4) is 11.5 Å². The lowest BCUT2D eigenvalue weighted by molar-refractivity contribution is 0.111. The Labute approximate surface area is 103 Å². The Bertz CT molecular complexity index is 405. The molecule has 2 N–H and O–H groups in total. The van der Waals surface area contributed by atoms with E-state index < -0.39 is 0 Å². The smallest absolute Gasteiger partial charge is 0.172 e. The van der Waals surface area contributed by atoms with E-state index in [2.05, 4.69) is 15.9 Å². The number of halogens is 1. The Balaban J connectivity index is 3.56. The van der Waals surface area contributed by atoms with E-state index in [1.165, 1.54) is 14.2 Å². The maximum atomic E-state index is 11.0. The van der Waals surface area contributed by atoms with E-state index in [1.807, 2.05) is 6.92 Å². The second-order valence-corrected chi connectivity index (χ2v) is 4.19. The molecule has 0 radical (unpaired) electrons. The second-order valence-electron chi connectivity index (χ2n) is 3.33. The van der Waals surface area contributed by atoms with Gasteiger partial charge in [-0.2, -0.15) is 0 Å². The molecule has 0 saturated carbocycles. The van der Waals surface area contributed by atoms with Gasteiger partial charge in [0, 0.05) is 16.1 Å². The first-order chi connectivity index (χ1) is 7.56. The van der Waals surface area contributed by atoms with Gasteiger partial charge in [0.15, 0.2) is 17.8 Å². The number of methoxy groups -OCH3 is 2. The maximum absolute atomic E-state index is 11.0. The minimum Gasteiger partial charge on any atom is -0.492 e. The number of hydrogen-bond acceptors (Lipinski definition) is 4. The predicted molar refractivity (Wildman–Crippen MR) is 65.2 cm³/mol. The van der Waals surface area contributed by atoms with Gasteiger partial charge in [-0.3, -0.25) is 4.79 Å². The van der Waals surface area contributed by atoms with Crippen LogP contribution in [0, 0.1) is 0 Å². The summed E-state index contributed by atoms with van der Waals surface area (Å²) in [6.45, 7) is 1.84. The van der Waals surface area contributed by atoms with E-state index in [0.29, 0.717) is 21.5 Å². The molecule has 0 aromatic heterocycles. The summed E-state index contributed by atoms with van der Waals surface area (Å²) in [7, 11) is 3.01. The molecule has 4 nitrogen and oxygen atoms in total. The van der Waals surface area contributed by atoms with Gasteiger partial charge in [0.05, 0.1) is 19.8 Å². The maximum Gasteiger partial charge on any atom is 0.172 e. The Hall–Kier alpha value is -1.07. The monoisotopic (exact) mass is 287 g/mol. The molecule has 16 heavy (non-hydrogen) atoms. The van der Waals surface area contributed by atoms with Gasteiger partial charge < -0.3 is 15.2 Å². The molecule has 0 aliphatic carbocycles. The molecule has 1 aromatic rings. The number of benzene rings is 1. The molecule has 0 fully saturated rings. The highest BCUT2D eigenvalue weighted by Gasteiger charge is 2.20. The molecule has 0 spiro atoms. The molecule has 0 heterocycles. The fourth-order valence-corrected chi connectivity index (χ4v) is 2.02. The summed E-state index contributed by atoms with van der Waals surface area (Å²) < 4.78 is 11.1. The van der Waals surface area contributed by atoms with Crippen LogP contribution in [0.1, 0.15) is 28.9 Å². The van der Waals surface area contributed by atoms with Crippen molar-refractivity contribution in [3.63, 3.8) is 0 Å². The van der Waals surface area contributed by atoms with Crippen molar-refractivity contribution in [2.24, 2.45) is 5.73 Å². The Kier molecular flexibility index (Phi) is 4.32. The molecule has 0 bridgehead atoms. The van der Waals surface area contributed by atoms with Gasteiger partial charge in [0.2, 0.25) is 0 Å². The van der Waals surface area contributed by atoms with Crippen LogP contribution in [0.2, 0.25) is 0 Å². The molecule has 1 rings (SSSR count). The topological polar surface area (TPSA) is 61.5 Å². The summed E-state index contributed by atoms with van der Waals surface area (Å²) in [6.07, 6.45) is 0.719. The number of ether oxygens (including phenoxy) is 2. The van der Waals surface area contributed by atoms with Gasteiger partial charge in [0.1, 0.15) is 0 Å². The van der Waals surface area contributed by atoms with Crippen LogP contribution in [0.5, 0.6) is 11.5 Å². The minimum absolute atomic E-state index is 0.208. The lowest BCUT2D eigenvalue weighted by atomic mass is 10.0. The SMILES string of the molecule is COc1c(C(C)N)cc(Br)c(C=O)c1OC. The quantitative estimate of drug-likeness (QED) is 0.863. The first-order valence-corrected chi connectivity index (χ1v) is 5.51. The van der Waals surface area contributed by atoms with Crippen molar-refractivity contribution in [3.05, 3.63) is 21.7 Å². The van der Waals surface area contributed by atoms with Crippen LogP contribution in [0.3, 0.4) is 0 Å². The average Bonchev–Trinajstić information content (AvgIpc) is 2.27. The van der Waals surface area contributed by atoms with Gasteiger partial charge in [0.25, 0.3) is 0 Å². The standard InChI is InChI=1S/C11H14BrNO3/c1-6(13)7-4-9(12)8(5-14)11(16-3)10(7)15-2/h4-6H,13H2,1-3H3.